The number of aryl methyl sites for hydroxylation is 1. The molecule has 1 aromatic carbocycles. The van der Waals surface area contributed by atoms with Gasteiger partial charge in [-0.2, -0.15) is 0 Å². The smallest absolute Gasteiger partial charge is 0.335 e. The Morgan fingerprint density at radius 2 is 2.18 bits per heavy atom. The topological polar surface area (TPSA) is 42.2 Å². The molecule has 3 nitrogen and oxygen atoms in total. The van der Waals surface area contributed by atoms with Crippen LogP contribution in [-0.2, 0) is 6.54 Å². The van der Waals surface area contributed by atoms with E-state index in [1.54, 1.807) is 12.1 Å². The third-order valence-electron chi connectivity index (χ3n) is 3.14. The van der Waals surface area contributed by atoms with Crippen molar-refractivity contribution in [2.75, 3.05) is 0 Å². The summed E-state index contributed by atoms with van der Waals surface area (Å²) in [5.74, 6) is 1.71. The molecule has 0 saturated carbocycles. The van der Waals surface area contributed by atoms with Crippen LogP contribution in [0, 0.1) is 26.2 Å². The molecule has 0 atom stereocenters. The summed E-state index contributed by atoms with van der Waals surface area (Å²) in [7, 11) is 0. The molecule has 86 valence electrons. The van der Waals surface area contributed by atoms with Crippen LogP contribution in [0.4, 0.5) is 0 Å². The molecule has 0 radical (unpaired) electrons. The van der Waals surface area contributed by atoms with Crippen LogP contribution in [0.3, 0.4) is 0 Å². The van der Waals surface area contributed by atoms with Gasteiger partial charge in [0.05, 0.1) is 12.1 Å². The third kappa shape index (κ3) is 1.68. The first-order valence-corrected chi connectivity index (χ1v) is 5.32. The molecular weight excluding hydrogens is 214 g/mol. The Bertz CT molecular complexity index is 644. The summed E-state index contributed by atoms with van der Waals surface area (Å²) in [4.78, 5) is 10.9. The molecule has 0 bridgehead atoms. The summed E-state index contributed by atoms with van der Waals surface area (Å²) in [5, 5.41) is 9.93. The number of hydrogen-bond acceptors (Lipinski definition) is 1. The lowest BCUT2D eigenvalue weighted by molar-refractivity contribution is 0.0697. The minimum Gasteiger partial charge on any atom is -0.478 e. The number of benzene rings is 1. The second kappa shape index (κ2) is 3.99. The molecule has 0 unspecified atom stereocenters. The summed E-state index contributed by atoms with van der Waals surface area (Å²) >= 11 is 0. The summed E-state index contributed by atoms with van der Waals surface area (Å²) < 4.78 is 2.02. The summed E-state index contributed by atoms with van der Waals surface area (Å²) in [6.07, 6.45) is 5.34. The predicted octanol–water partition coefficient (Wildman–Crippen LogP) is 2.59. The second-order valence-electron chi connectivity index (χ2n) is 4.04. The Balaban J connectivity index is 2.77. The van der Waals surface area contributed by atoms with Gasteiger partial charge in [-0.1, -0.05) is 5.92 Å². The molecule has 0 saturated heterocycles. The van der Waals surface area contributed by atoms with Crippen LogP contribution in [0.15, 0.2) is 18.2 Å². The van der Waals surface area contributed by atoms with Crippen molar-refractivity contribution in [3.63, 3.8) is 0 Å². The van der Waals surface area contributed by atoms with E-state index in [-0.39, 0.29) is 0 Å². The van der Waals surface area contributed by atoms with Gasteiger partial charge in [-0.25, -0.2) is 4.79 Å². The van der Waals surface area contributed by atoms with Crippen LogP contribution < -0.4 is 0 Å². The standard InChI is InChI=1S/C14H13NO2/c1-4-7-15-10(3)9(2)12-8-11(14(16)17)5-6-13(12)15/h1,5-6,8H,7H2,2-3H3,(H,16,17). The van der Waals surface area contributed by atoms with Crippen LogP contribution in [0.5, 0.6) is 0 Å². The van der Waals surface area contributed by atoms with Gasteiger partial charge in [0.15, 0.2) is 0 Å². The SMILES string of the molecule is C#CCn1c(C)c(C)c2cc(C(=O)O)ccc21. The van der Waals surface area contributed by atoms with Crippen molar-refractivity contribution in [2.24, 2.45) is 0 Å². The van der Waals surface area contributed by atoms with E-state index in [0.29, 0.717) is 12.1 Å². The number of carbonyl (C=O) groups is 1. The average Bonchev–Trinajstić information content (AvgIpc) is 2.54. The molecule has 0 fully saturated rings. The van der Waals surface area contributed by atoms with Crippen molar-refractivity contribution in [3.8, 4) is 12.3 Å². The fourth-order valence-electron chi connectivity index (χ4n) is 2.08. The number of hydrogen-bond donors (Lipinski definition) is 1. The quantitative estimate of drug-likeness (QED) is 0.801. The fourth-order valence-corrected chi connectivity index (χ4v) is 2.08. The predicted molar refractivity (Wildman–Crippen MR) is 67.2 cm³/mol. The third-order valence-corrected chi connectivity index (χ3v) is 3.14. The van der Waals surface area contributed by atoms with E-state index in [1.807, 2.05) is 24.5 Å². The highest BCUT2D eigenvalue weighted by molar-refractivity contribution is 5.95. The molecule has 17 heavy (non-hydrogen) atoms. The van der Waals surface area contributed by atoms with Crippen molar-refractivity contribution < 1.29 is 9.90 Å². The molecule has 0 amide bonds. The number of carboxylic acids is 1. The van der Waals surface area contributed by atoms with Crippen molar-refractivity contribution in [3.05, 3.63) is 35.0 Å². The highest BCUT2D eigenvalue weighted by atomic mass is 16.4. The van der Waals surface area contributed by atoms with Crippen LogP contribution in [0.25, 0.3) is 10.9 Å². The van der Waals surface area contributed by atoms with Gasteiger partial charge in [0.1, 0.15) is 0 Å². The molecule has 0 aliphatic rings. The van der Waals surface area contributed by atoms with E-state index in [1.165, 1.54) is 0 Å². The lowest BCUT2D eigenvalue weighted by Crippen LogP contribution is -1.98. The number of terminal acetylenes is 1. The first kappa shape index (κ1) is 11.3. The maximum atomic E-state index is 10.9. The zero-order chi connectivity index (χ0) is 12.6. The van der Waals surface area contributed by atoms with Gasteiger partial charge in [0.2, 0.25) is 0 Å². The Kier molecular flexibility index (Phi) is 2.64. The van der Waals surface area contributed by atoms with E-state index in [0.717, 1.165) is 22.2 Å². The largest absolute Gasteiger partial charge is 0.478 e. The number of aromatic nitrogens is 1. The number of carboxylic acid groups (broad SMARTS) is 1. The molecule has 0 aliphatic heterocycles. The molecule has 2 aromatic rings. The molecule has 3 heteroatoms. The van der Waals surface area contributed by atoms with Gasteiger partial charge in [0, 0.05) is 16.6 Å². The molecule has 1 aromatic heterocycles. The van der Waals surface area contributed by atoms with Gasteiger partial charge in [-0.05, 0) is 37.6 Å². The van der Waals surface area contributed by atoms with Gasteiger partial charge in [0.25, 0.3) is 0 Å². The van der Waals surface area contributed by atoms with Gasteiger partial charge >= 0.3 is 5.97 Å². The Morgan fingerprint density at radius 1 is 1.47 bits per heavy atom. The van der Waals surface area contributed by atoms with E-state index in [9.17, 15) is 4.79 Å². The van der Waals surface area contributed by atoms with Crippen LogP contribution in [0.2, 0.25) is 0 Å². The molecule has 1 N–H and O–H groups in total. The van der Waals surface area contributed by atoms with Crippen LogP contribution in [-0.4, -0.2) is 15.6 Å². The highest BCUT2D eigenvalue weighted by Crippen LogP contribution is 2.26. The molecule has 1 heterocycles. The minimum absolute atomic E-state index is 0.304. The van der Waals surface area contributed by atoms with Crippen molar-refractivity contribution in [1.82, 2.24) is 4.57 Å². The molecule has 2 rings (SSSR count). The summed E-state index contributed by atoms with van der Waals surface area (Å²) in [6.45, 7) is 4.48. The number of fused-ring (bicyclic) bond motifs is 1. The minimum atomic E-state index is -0.909. The first-order chi connectivity index (χ1) is 8.06. The number of nitrogens with zero attached hydrogens (tertiary/aromatic N) is 1. The summed E-state index contributed by atoms with van der Waals surface area (Å²) in [6, 6.07) is 5.12. The fraction of sp³-hybridized carbons (Fsp3) is 0.214. The van der Waals surface area contributed by atoms with E-state index in [2.05, 4.69) is 5.92 Å². The monoisotopic (exact) mass is 227 g/mol. The lowest BCUT2D eigenvalue weighted by atomic mass is 10.1. The van der Waals surface area contributed by atoms with Crippen LogP contribution >= 0.6 is 0 Å². The van der Waals surface area contributed by atoms with E-state index >= 15 is 0 Å². The first-order valence-electron chi connectivity index (χ1n) is 5.32. The van der Waals surface area contributed by atoms with Gasteiger partial charge in [-0.3, -0.25) is 0 Å². The molecule has 0 spiro atoms. The van der Waals surface area contributed by atoms with Crippen molar-refractivity contribution >= 4 is 16.9 Å². The number of rotatable bonds is 2. The number of aromatic carboxylic acids is 1. The van der Waals surface area contributed by atoms with Crippen molar-refractivity contribution in [1.29, 1.82) is 0 Å². The zero-order valence-electron chi connectivity index (χ0n) is 9.82. The Morgan fingerprint density at radius 3 is 2.76 bits per heavy atom. The maximum Gasteiger partial charge on any atom is 0.335 e. The maximum absolute atomic E-state index is 10.9. The average molecular weight is 227 g/mol. The lowest BCUT2D eigenvalue weighted by Gasteiger charge is -2.03. The van der Waals surface area contributed by atoms with Crippen LogP contribution in [0.1, 0.15) is 21.6 Å². The highest BCUT2D eigenvalue weighted by Gasteiger charge is 2.12. The summed E-state index contributed by atoms with van der Waals surface area (Å²) in [5.41, 5.74) is 3.46. The molecule has 0 aliphatic carbocycles. The zero-order valence-corrected chi connectivity index (χ0v) is 9.82. The second-order valence-corrected chi connectivity index (χ2v) is 4.04. The van der Waals surface area contributed by atoms with E-state index < -0.39 is 5.97 Å². The Labute approximate surface area is 99.7 Å². The normalized spacial score (nSPS) is 10.4. The van der Waals surface area contributed by atoms with Gasteiger partial charge < -0.3 is 9.67 Å². The Hall–Kier alpha value is -2.21. The molecular formula is C14H13NO2. The van der Waals surface area contributed by atoms with Crippen molar-refractivity contribution in [2.45, 2.75) is 20.4 Å². The van der Waals surface area contributed by atoms with Gasteiger partial charge in [-0.15, -0.1) is 6.42 Å². The van der Waals surface area contributed by atoms with E-state index in [4.69, 9.17) is 11.5 Å².